The van der Waals surface area contributed by atoms with E-state index in [4.69, 9.17) is 97.7 Å². The van der Waals surface area contributed by atoms with Crippen LogP contribution in [0.2, 0.25) is 0 Å². The van der Waals surface area contributed by atoms with Crippen LogP contribution in [-0.4, -0.2) is 429 Å². The predicted molar refractivity (Wildman–Crippen MR) is 563 cm³/mol. The van der Waals surface area contributed by atoms with Crippen LogP contribution in [0.15, 0.2) is 10.3 Å². The molecule has 13 amide bonds. The van der Waals surface area contributed by atoms with Gasteiger partial charge in [0.15, 0.2) is 17.3 Å². The molecule has 0 aliphatic rings. The number of rotatable bonds is 99. The first-order chi connectivity index (χ1) is 70.3. The number of ether oxygens (including phenoxy) is 16. The molecular formula is C98H193N17O35. The van der Waals surface area contributed by atoms with Crippen molar-refractivity contribution in [3.8, 4) is 0 Å². The van der Waals surface area contributed by atoms with Gasteiger partial charge in [-0.25, -0.2) is 0 Å². The molecule has 2 atom stereocenters. The summed E-state index contributed by atoms with van der Waals surface area (Å²) in [5.41, 5.74) is 10.4. The quantitative estimate of drug-likeness (QED) is 0.0162. The molecular weight excluding hydrogens is 1980 g/mol. The summed E-state index contributed by atoms with van der Waals surface area (Å²) in [7, 11) is 0. The summed E-state index contributed by atoms with van der Waals surface area (Å²) in [4.78, 5) is 197. The molecule has 0 radical (unpaired) electrons. The van der Waals surface area contributed by atoms with Crippen LogP contribution in [0.5, 0.6) is 0 Å². The number of nitrogens with two attached hydrogens (primary N) is 2. The third-order valence-electron chi connectivity index (χ3n) is 20.2. The highest BCUT2D eigenvalue weighted by molar-refractivity contribution is 5.91. The third-order valence-corrected chi connectivity index (χ3v) is 20.2. The van der Waals surface area contributed by atoms with Gasteiger partial charge in [0, 0.05) is 140 Å². The summed E-state index contributed by atoms with van der Waals surface area (Å²) >= 11 is 0. The normalized spacial score (nSPS) is 11.8. The lowest BCUT2D eigenvalue weighted by atomic mass is 9.96. The molecule has 0 rings (SSSR count). The average Bonchev–Trinajstić information content (AvgIpc) is 0.864. The first-order valence-electron chi connectivity index (χ1n) is 49.9. The zero-order chi connectivity index (χ0) is 110. The standard InChI is InChI=1S/C39H70N6O16.C31H56N4O14.C25H49N7O5.3CH4.3H2/c1-31(46)26-33(39(40)53)6-3-4-9-41-36(50)28-59-23-21-57-17-13-45-38(52)30-61-25-20-55-15-11-43-35(49)8-5-7-34(48)42-10-14-54-19-24-60-29-37(51)44-12-16-56-18-22-58-27-32(2)47;1-26(36)22-46-18-14-44-12-8-34-30(40)24-48-20-16-42-10-6-32-28(38)4-3-5-29(39)33-7-11-43-17-21-49-25-31(41)35-9-13-45-15-19-47-23-27(2)37;1-17(23(26)35)11-8-9-14-27-21(33)12-10-13-22(34)30-20(15-28-24(4,5)18(2)31-36)16-29-25(6,7)19(3)32-37;;;;;;/h33H,3-30H2,1-2H3,(H2,40,53)(H,41,50)(H,42,48)(H,43,49)(H,44,51)(H,45,52);3-25H2,1-2H3,(H,32,38)(H,33,39)(H,34,40)(H,35,41);17,20,28-29,36-37H,8-16H2,1-7H3,(H2,26,35)(H,27,33)(H,30,34);3*1H4;3*1H/b;;31-18+,32-19+;;;;;;/t33-;;17-;;;;;;/m1.0....../s1. The lowest BCUT2D eigenvalue weighted by Gasteiger charge is -2.32. The minimum atomic E-state index is -0.592. The molecule has 0 spiro atoms. The van der Waals surface area contributed by atoms with Crippen molar-refractivity contribution < 1.29 is 172 Å². The van der Waals surface area contributed by atoms with E-state index in [0.717, 1.165) is 12.8 Å². The zero-order valence-electron chi connectivity index (χ0n) is 88.6. The molecule has 0 aromatic rings. The summed E-state index contributed by atoms with van der Waals surface area (Å²) in [6, 6.07) is -0.319. The van der Waals surface area contributed by atoms with E-state index in [1.807, 2.05) is 27.7 Å². The van der Waals surface area contributed by atoms with Crippen LogP contribution >= 0.6 is 0 Å². The van der Waals surface area contributed by atoms with Gasteiger partial charge in [-0.05, 0) is 114 Å². The summed E-state index contributed by atoms with van der Waals surface area (Å²) < 4.78 is 84.1. The highest BCUT2D eigenvalue weighted by Crippen LogP contribution is 2.14. The van der Waals surface area contributed by atoms with E-state index >= 15 is 0 Å². The number of Topliss-reactive ketones (excluding diaryl/α,β-unsaturated/α-hetero) is 4. The van der Waals surface area contributed by atoms with Gasteiger partial charge in [0.05, 0.1) is 187 Å². The van der Waals surface area contributed by atoms with Crippen molar-refractivity contribution in [2.75, 3.05) is 290 Å². The maximum atomic E-state index is 12.6. The van der Waals surface area contributed by atoms with Gasteiger partial charge in [-0.3, -0.25) is 76.7 Å². The number of nitrogens with zero attached hydrogens (tertiary/aromatic N) is 2. The van der Waals surface area contributed by atoms with Crippen LogP contribution in [-0.2, 0) is 157 Å². The first kappa shape index (κ1) is 151. The SMILES string of the molecule is C.C.C.C/C(=N\O)C(C)(C)NCC(CNC(C)(C)/C(C)=N/O)NC(=O)CCCC(=O)NCCCC[C@H](C)C(N)=O.CC(=O)COCCOCCNC(=O)COCCOCCNC(=O)CCCC(=O)NCCOCCOCC(=O)NCCOCCOCC(=O)NCCCC[C@H](CC(C)=O)C(N)=O.CC(=O)COCCOCCNC(=O)COCCOCCNC(=O)CCCC(=O)NCCOCCOCC(=O)NCCOCCOCC(C)=O.[HH].[HH].[HH]. The van der Waals surface area contributed by atoms with Gasteiger partial charge in [-0.15, -0.1) is 0 Å². The molecule has 0 unspecified atom stereocenters. The van der Waals surface area contributed by atoms with Gasteiger partial charge < -0.3 is 172 Å². The minimum absolute atomic E-state index is 0. The Morgan fingerprint density at radius 3 is 0.707 bits per heavy atom. The summed E-state index contributed by atoms with van der Waals surface area (Å²) in [6.45, 7) is 28.7. The zero-order valence-corrected chi connectivity index (χ0v) is 88.6. The van der Waals surface area contributed by atoms with Crippen LogP contribution in [0, 0.1) is 11.8 Å². The van der Waals surface area contributed by atoms with Gasteiger partial charge in [0.25, 0.3) is 0 Å². The second kappa shape index (κ2) is 105. The number of carbonyl (C=O) groups excluding carboxylic acids is 17. The summed E-state index contributed by atoms with van der Waals surface area (Å²) in [6.07, 6.45) is 6.60. The molecule has 0 saturated heterocycles. The van der Waals surface area contributed by atoms with Crippen LogP contribution in [0.1, 0.15) is 205 Å². The molecule has 0 aromatic heterocycles. The highest BCUT2D eigenvalue weighted by Gasteiger charge is 2.28. The maximum Gasteiger partial charge on any atom is 0.246 e. The summed E-state index contributed by atoms with van der Waals surface area (Å²) in [5.74, 6) is -4.20. The number of hydrogen-bond donors (Lipinski definition) is 17. The Morgan fingerprint density at radius 2 is 0.480 bits per heavy atom. The fourth-order valence-corrected chi connectivity index (χ4v) is 11.4. The minimum Gasteiger partial charge on any atom is -0.411 e. The van der Waals surface area contributed by atoms with Gasteiger partial charge >= 0.3 is 0 Å². The van der Waals surface area contributed by atoms with Crippen LogP contribution in [0.3, 0.4) is 0 Å². The number of primary amides is 2. The summed E-state index contributed by atoms with van der Waals surface area (Å²) in [5, 5.41) is 61.4. The molecule has 0 aromatic carbocycles. The number of hydrogen-bond acceptors (Lipinski definition) is 39. The molecule has 0 aliphatic carbocycles. The van der Waals surface area contributed by atoms with Crippen molar-refractivity contribution in [3.63, 3.8) is 0 Å². The smallest absolute Gasteiger partial charge is 0.246 e. The third kappa shape index (κ3) is 106. The van der Waals surface area contributed by atoms with Gasteiger partial charge in [-0.1, -0.05) is 52.4 Å². The number of oxime groups is 2. The Bertz CT molecular complexity index is 3590. The van der Waals surface area contributed by atoms with Crippen molar-refractivity contribution in [1.82, 2.24) is 69.1 Å². The van der Waals surface area contributed by atoms with Crippen molar-refractivity contribution in [2.24, 2.45) is 33.6 Å². The molecule has 0 aliphatic heterocycles. The monoisotopic (exact) mass is 2170 g/mol. The van der Waals surface area contributed by atoms with E-state index in [-0.39, 0.29) is 343 Å². The highest BCUT2D eigenvalue weighted by atomic mass is 16.6. The molecule has 0 saturated carbocycles. The van der Waals surface area contributed by atoms with Gasteiger partial charge in [0.1, 0.15) is 58.6 Å². The number of carbonyl (C=O) groups is 17. The Hall–Kier alpha value is -9.99. The number of unbranched alkanes of at least 4 members (excludes halogenated alkanes) is 2. The molecule has 19 N–H and O–H groups in total. The van der Waals surface area contributed by atoms with E-state index in [1.54, 1.807) is 20.8 Å². The predicted octanol–water partition coefficient (Wildman–Crippen LogP) is -0.225. The molecule has 0 bridgehead atoms. The number of ketones is 4. The Morgan fingerprint density at radius 1 is 0.267 bits per heavy atom. The molecule has 0 fully saturated rings. The van der Waals surface area contributed by atoms with E-state index in [9.17, 15) is 81.5 Å². The topological polar surface area (TPSA) is 711 Å². The molecule has 52 nitrogen and oxygen atoms in total. The molecule has 880 valence electrons. The van der Waals surface area contributed by atoms with Crippen molar-refractivity contribution in [2.45, 2.75) is 218 Å². The molecule has 150 heavy (non-hydrogen) atoms. The van der Waals surface area contributed by atoms with E-state index in [0.29, 0.717) is 181 Å². The average molecular weight is 2170 g/mol. The van der Waals surface area contributed by atoms with Crippen molar-refractivity contribution in [1.29, 1.82) is 0 Å². The number of amides is 13. The molecule has 52 heteroatoms. The number of nitrogens with one attached hydrogen (secondary N) is 13. The lowest BCUT2D eigenvalue weighted by molar-refractivity contribution is -0.127. The maximum absolute atomic E-state index is 12.6. The Labute approximate surface area is 890 Å². The fraction of sp³-hybridized carbons (Fsp3) is 0.806. The van der Waals surface area contributed by atoms with Crippen molar-refractivity contribution in [3.05, 3.63) is 0 Å². The van der Waals surface area contributed by atoms with E-state index in [2.05, 4.69) is 79.4 Å². The molecule has 0 heterocycles. The van der Waals surface area contributed by atoms with Crippen LogP contribution in [0.4, 0.5) is 0 Å². The van der Waals surface area contributed by atoms with E-state index < -0.39 is 22.9 Å². The first-order valence-corrected chi connectivity index (χ1v) is 49.9. The fourth-order valence-electron chi connectivity index (χ4n) is 11.4. The van der Waals surface area contributed by atoms with Crippen molar-refractivity contribution >= 4 is 111 Å². The lowest BCUT2D eigenvalue weighted by Crippen LogP contribution is -2.57. The van der Waals surface area contributed by atoms with Gasteiger partial charge in [0.2, 0.25) is 76.8 Å². The van der Waals surface area contributed by atoms with Crippen LogP contribution < -0.4 is 80.6 Å². The second-order valence-electron chi connectivity index (χ2n) is 34.4. The Kier molecular flexibility index (Phi) is 105. The van der Waals surface area contributed by atoms with Crippen LogP contribution in [0.25, 0.3) is 0 Å². The Balaban J connectivity index is -0.000000293. The largest absolute Gasteiger partial charge is 0.411 e. The van der Waals surface area contributed by atoms with E-state index in [1.165, 1.54) is 27.7 Å². The van der Waals surface area contributed by atoms with Gasteiger partial charge in [-0.2, -0.15) is 0 Å². The second-order valence-corrected chi connectivity index (χ2v) is 34.4.